The maximum atomic E-state index is 11.8. The molecule has 0 saturated heterocycles. The Balaban J connectivity index is 1.99. The lowest BCUT2D eigenvalue weighted by Crippen LogP contribution is -2.32. The average molecular weight is 285 g/mol. The minimum atomic E-state index is 0.0898. The summed E-state index contributed by atoms with van der Waals surface area (Å²) in [5.74, 6) is 0.0898. The van der Waals surface area contributed by atoms with Gasteiger partial charge in [0, 0.05) is 35.8 Å². The van der Waals surface area contributed by atoms with Gasteiger partial charge in [-0.1, -0.05) is 25.1 Å². The molecule has 1 aromatic carbocycles. The van der Waals surface area contributed by atoms with Crippen molar-refractivity contribution in [3.05, 3.63) is 36.0 Å². The highest BCUT2D eigenvalue weighted by atomic mass is 16.1. The number of pyridine rings is 1. The number of aryl methyl sites for hydroxylation is 1. The number of hydrogen-bond acceptors (Lipinski definition) is 3. The van der Waals surface area contributed by atoms with E-state index in [1.807, 2.05) is 44.2 Å². The summed E-state index contributed by atoms with van der Waals surface area (Å²) in [6.45, 7) is 6.68. The number of nitrogens with zero attached hydrogens (tertiary/aromatic N) is 1. The first-order valence-electron chi connectivity index (χ1n) is 7.49. The third-order valence-corrected chi connectivity index (χ3v) is 3.53. The van der Waals surface area contributed by atoms with Gasteiger partial charge in [0.1, 0.15) is 0 Å². The van der Waals surface area contributed by atoms with Crippen LogP contribution in [0.4, 0.5) is 5.69 Å². The quantitative estimate of drug-likeness (QED) is 0.856. The molecule has 1 unspecified atom stereocenters. The van der Waals surface area contributed by atoms with Gasteiger partial charge < -0.3 is 10.6 Å². The zero-order valence-corrected chi connectivity index (χ0v) is 12.9. The van der Waals surface area contributed by atoms with E-state index < -0.39 is 0 Å². The standard InChI is InChI=1S/C17H23N3O/c1-4-12(2)20-17(21)9-10-18-16-11-13(3)19-15-8-6-5-7-14(15)16/h5-8,11-12H,4,9-10H2,1-3H3,(H,18,19)(H,20,21). The molecule has 21 heavy (non-hydrogen) atoms. The van der Waals surface area contributed by atoms with Gasteiger partial charge in [-0.25, -0.2) is 0 Å². The zero-order chi connectivity index (χ0) is 15.2. The third-order valence-electron chi connectivity index (χ3n) is 3.53. The summed E-state index contributed by atoms with van der Waals surface area (Å²) in [6, 6.07) is 10.3. The van der Waals surface area contributed by atoms with Crippen LogP contribution in [0.25, 0.3) is 10.9 Å². The van der Waals surface area contributed by atoms with Crippen molar-refractivity contribution in [2.24, 2.45) is 0 Å². The number of carbonyl (C=O) groups is 1. The van der Waals surface area contributed by atoms with E-state index in [1.165, 1.54) is 0 Å². The molecule has 112 valence electrons. The van der Waals surface area contributed by atoms with Gasteiger partial charge in [-0.3, -0.25) is 9.78 Å². The highest BCUT2D eigenvalue weighted by molar-refractivity contribution is 5.91. The molecule has 4 nitrogen and oxygen atoms in total. The maximum absolute atomic E-state index is 11.8. The molecular formula is C17H23N3O. The average Bonchev–Trinajstić information content (AvgIpc) is 2.46. The monoisotopic (exact) mass is 285 g/mol. The summed E-state index contributed by atoms with van der Waals surface area (Å²) in [6.07, 6.45) is 1.42. The SMILES string of the molecule is CCC(C)NC(=O)CCNc1cc(C)nc2ccccc12. The molecule has 0 spiro atoms. The first-order valence-corrected chi connectivity index (χ1v) is 7.49. The number of nitrogens with one attached hydrogen (secondary N) is 2. The molecule has 0 fully saturated rings. The summed E-state index contributed by atoms with van der Waals surface area (Å²) in [7, 11) is 0. The van der Waals surface area contributed by atoms with Gasteiger partial charge in [0.05, 0.1) is 5.52 Å². The van der Waals surface area contributed by atoms with E-state index in [2.05, 4.69) is 22.5 Å². The number of anilines is 1. The van der Waals surface area contributed by atoms with Crippen molar-refractivity contribution in [1.29, 1.82) is 0 Å². The fourth-order valence-electron chi connectivity index (χ4n) is 2.21. The lowest BCUT2D eigenvalue weighted by Gasteiger charge is -2.13. The number of benzene rings is 1. The molecule has 1 atom stereocenters. The third kappa shape index (κ3) is 4.18. The van der Waals surface area contributed by atoms with Gasteiger partial charge in [0.2, 0.25) is 5.91 Å². The minimum absolute atomic E-state index is 0.0898. The maximum Gasteiger partial charge on any atom is 0.221 e. The first-order chi connectivity index (χ1) is 10.1. The van der Waals surface area contributed by atoms with Crippen molar-refractivity contribution < 1.29 is 4.79 Å². The molecule has 2 aromatic rings. The van der Waals surface area contributed by atoms with Crippen molar-refractivity contribution in [1.82, 2.24) is 10.3 Å². The molecule has 2 N–H and O–H groups in total. The Hall–Kier alpha value is -2.10. The molecule has 0 aliphatic rings. The van der Waals surface area contributed by atoms with Crippen LogP contribution in [0.5, 0.6) is 0 Å². The number of aromatic nitrogens is 1. The summed E-state index contributed by atoms with van der Waals surface area (Å²) >= 11 is 0. The Morgan fingerprint density at radius 1 is 1.33 bits per heavy atom. The zero-order valence-electron chi connectivity index (χ0n) is 12.9. The summed E-state index contributed by atoms with van der Waals surface area (Å²) in [4.78, 5) is 16.3. The Bertz CT molecular complexity index is 624. The molecule has 0 saturated carbocycles. The number of fused-ring (bicyclic) bond motifs is 1. The lowest BCUT2D eigenvalue weighted by atomic mass is 10.1. The van der Waals surface area contributed by atoms with E-state index in [0.717, 1.165) is 28.7 Å². The van der Waals surface area contributed by atoms with Gasteiger partial charge >= 0.3 is 0 Å². The number of carbonyl (C=O) groups excluding carboxylic acids is 1. The smallest absolute Gasteiger partial charge is 0.221 e. The second kappa shape index (κ2) is 7.07. The van der Waals surface area contributed by atoms with Gasteiger partial charge in [0.25, 0.3) is 0 Å². The summed E-state index contributed by atoms with van der Waals surface area (Å²) < 4.78 is 0. The Labute approximate surface area is 126 Å². The molecule has 0 aliphatic carbocycles. The molecule has 0 aliphatic heterocycles. The van der Waals surface area contributed by atoms with Crippen molar-refractivity contribution in [2.45, 2.75) is 39.7 Å². The minimum Gasteiger partial charge on any atom is -0.384 e. The van der Waals surface area contributed by atoms with Gasteiger partial charge in [0.15, 0.2) is 0 Å². The molecule has 0 radical (unpaired) electrons. The topological polar surface area (TPSA) is 54.0 Å². The van der Waals surface area contributed by atoms with Gasteiger partial charge in [-0.05, 0) is 32.4 Å². The largest absolute Gasteiger partial charge is 0.384 e. The number of amides is 1. The lowest BCUT2D eigenvalue weighted by molar-refractivity contribution is -0.121. The van der Waals surface area contributed by atoms with E-state index in [0.29, 0.717) is 13.0 Å². The summed E-state index contributed by atoms with van der Waals surface area (Å²) in [5.41, 5.74) is 2.98. The normalized spacial score (nSPS) is 12.1. The summed E-state index contributed by atoms with van der Waals surface area (Å²) in [5, 5.41) is 7.41. The fourth-order valence-corrected chi connectivity index (χ4v) is 2.21. The van der Waals surface area contributed by atoms with Crippen molar-refractivity contribution in [3.63, 3.8) is 0 Å². The molecule has 2 rings (SSSR count). The number of rotatable bonds is 6. The highest BCUT2D eigenvalue weighted by Crippen LogP contribution is 2.22. The van der Waals surface area contributed by atoms with Crippen molar-refractivity contribution in [3.8, 4) is 0 Å². The highest BCUT2D eigenvalue weighted by Gasteiger charge is 2.06. The fraction of sp³-hybridized carbons (Fsp3) is 0.412. The van der Waals surface area contributed by atoms with Crippen molar-refractivity contribution in [2.75, 3.05) is 11.9 Å². The van der Waals surface area contributed by atoms with Gasteiger partial charge in [-0.2, -0.15) is 0 Å². The molecule has 1 aromatic heterocycles. The number of para-hydroxylation sites is 1. The van der Waals surface area contributed by atoms with E-state index in [4.69, 9.17) is 0 Å². The van der Waals surface area contributed by atoms with Crippen LogP contribution in [0.15, 0.2) is 30.3 Å². The van der Waals surface area contributed by atoms with E-state index in [9.17, 15) is 4.79 Å². The van der Waals surface area contributed by atoms with Crippen molar-refractivity contribution >= 4 is 22.5 Å². The van der Waals surface area contributed by atoms with Crippen LogP contribution in [-0.4, -0.2) is 23.5 Å². The second-order valence-corrected chi connectivity index (χ2v) is 5.38. The van der Waals surface area contributed by atoms with Crippen LogP contribution in [0, 0.1) is 6.92 Å². The van der Waals surface area contributed by atoms with E-state index >= 15 is 0 Å². The molecule has 1 amide bonds. The Morgan fingerprint density at radius 2 is 2.10 bits per heavy atom. The molecular weight excluding hydrogens is 262 g/mol. The predicted octanol–water partition coefficient (Wildman–Crippen LogP) is 3.26. The van der Waals surface area contributed by atoms with Crippen LogP contribution in [0.3, 0.4) is 0 Å². The first kappa shape index (κ1) is 15.3. The van der Waals surface area contributed by atoms with Crippen LogP contribution in [0.1, 0.15) is 32.4 Å². The van der Waals surface area contributed by atoms with Crippen LogP contribution in [-0.2, 0) is 4.79 Å². The van der Waals surface area contributed by atoms with E-state index in [1.54, 1.807) is 0 Å². The molecule has 4 heteroatoms. The predicted molar refractivity (Wildman–Crippen MR) is 87.5 cm³/mol. The van der Waals surface area contributed by atoms with Crippen LogP contribution < -0.4 is 10.6 Å². The van der Waals surface area contributed by atoms with Crippen LogP contribution in [0.2, 0.25) is 0 Å². The number of hydrogen-bond donors (Lipinski definition) is 2. The Morgan fingerprint density at radius 3 is 2.86 bits per heavy atom. The Kier molecular flexibility index (Phi) is 5.14. The molecule has 0 bridgehead atoms. The molecule has 1 heterocycles. The van der Waals surface area contributed by atoms with Crippen LogP contribution >= 0.6 is 0 Å². The van der Waals surface area contributed by atoms with E-state index in [-0.39, 0.29) is 11.9 Å². The second-order valence-electron chi connectivity index (χ2n) is 5.38. The van der Waals surface area contributed by atoms with Gasteiger partial charge in [-0.15, -0.1) is 0 Å².